The van der Waals surface area contributed by atoms with Gasteiger partial charge in [0.2, 0.25) is 15.9 Å². The van der Waals surface area contributed by atoms with E-state index in [2.05, 4.69) is 22.4 Å². The molecule has 156 valence electrons. The van der Waals surface area contributed by atoms with Crippen LogP contribution < -0.4 is 5.32 Å². The first-order valence-electron chi connectivity index (χ1n) is 9.48. The summed E-state index contributed by atoms with van der Waals surface area (Å²) in [5.74, 6) is 0.865. The lowest BCUT2D eigenvalue weighted by Gasteiger charge is -2.20. The van der Waals surface area contributed by atoms with E-state index in [4.69, 9.17) is 0 Å². The standard InChI is InChI=1S/C20H26N4O3S2/c1-23(12-7-16-3-5-17(6-4-16)20-21-10-11-22-20)19(25)8-13-24(2)29(26,27)18-9-14-28-15-18/h3-6,9,14-15H,7-8,10-13H2,1-2H3,(H,21,22). The summed E-state index contributed by atoms with van der Waals surface area (Å²) < 4.78 is 26.0. The molecule has 0 saturated heterocycles. The van der Waals surface area contributed by atoms with Crippen LogP contribution in [0.3, 0.4) is 0 Å². The molecule has 0 fully saturated rings. The number of carbonyl (C=O) groups excluding carboxylic acids is 1. The predicted molar refractivity (Wildman–Crippen MR) is 116 cm³/mol. The molecule has 2 aromatic rings. The molecular weight excluding hydrogens is 408 g/mol. The van der Waals surface area contributed by atoms with Gasteiger partial charge < -0.3 is 10.2 Å². The molecule has 1 aliphatic heterocycles. The first-order chi connectivity index (χ1) is 13.9. The van der Waals surface area contributed by atoms with Gasteiger partial charge in [0.15, 0.2) is 0 Å². The van der Waals surface area contributed by atoms with E-state index in [1.54, 1.807) is 28.8 Å². The molecule has 2 heterocycles. The second-order valence-corrected chi connectivity index (χ2v) is 9.78. The van der Waals surface area contributed by atoms with Gasteiger partial charge in [-0.25, -0.2) is 12.7 Å². The van der Waals surface area contributed by atoms with Gasteiger partial charge in [-0.15, -0.1) is 0 Å². The van der Waals surface area contributed by atoms with Crippen LogP contribution in [0.15, 0.2) is 51.0 Å². The molecule has 9 heteroatoms. The van der Waals surface area contributed by atoms with Crippen LogP contribution in [-0.2, 0) is 21.2 Å². The molecule has 1 aliphatic rings. The van der Waals surface area contributed by atoms with E-state index >= 15 is 0 Å². The van der Waals surface area contributed by atoms with Crippen molar-refractivity contribution in [2.45, 2.75) is 17.7 Å². The zero-order chi connectivity index (χ0) is 20.9. The Hall–Kier alpha value is -2.23. The molecule has 7 nitrogen and oxygen atoms in total. The summed E-state index contributed by atoms with van der Waals surface area (Å²) in [5.41, 5.74) is 2.22. The quantitative estimate of drug-likeness (QED) is 0.653. The van der Waals surface area contributed by atoms with Crippen molar-refractivity contribution in [3.8, 4) is 0 Å². The molecule has 1 aromatic heterocycles. The van der Waals surface area contributed by atoms with E-state index in [0.29, 0.717) is 6.54 Å². The Morgan fingerprint density at radius 2 is 1.93 bits per heavy atom. The molecule has 3 rings (SSSR count). The van der Waals surface area contributed by atoms with Crippen molar-refractivity contribution in [1.82, 2.24) is 14.5 Å². The van der Waals surface area contributed by atoms with Crippen molar-refractivity contribution in [3.05, 3.63) is 52.2 Å². The van der Waals surface area contributed by atoms with Crippen molar-refractivity contribution in [1.29, 1.82) is 0 Å². The molecule has 1 N–H and O–H groups in total. The maximum Gasteiger partial charge on any atom is 0.243 e. The Balaban J connectivity index is 1.45. The largest absolute Gasteiger partial charge is 0.368 e. The minimum absolute atomic E-state index is 0.0708. The summed E-state index contributed by atoms with van der Waals surface area (Å²) in [6.07, 6.45) is 0.895. The number of hydrogen-bond donors (Lipinski definition) is 1. The van der Waals surface area contributed by atoms with E-state index in [1.807, 2.05) is 12.1 Å². The average Bonchev–Trinajstić information content (AvgIpc) is 3.44. The van der Waals surface area contributed by atoms with Gasteiger partial charge in [0.05, 0.1) is 11.4 Å². The Morgan fingerprint density at radius 1 is 1.17 bits per heavy atom. The highest BCUT2D eigenvalue weighted by Crippen LogP contribution is 2.17. The molecule has 0 unspecified atom stereocenters. The molecular formula is C20H26N4O3S2. The van der Waals surface area contributed by atoms with Gasteiger partial charge in [0.25, 0.3) is 0 Å². The first-order valence-corrected chi connectivity index (χ1v) is 11.9. The number of thiophene rings is 1. The van der Waals surface area contributed by atoms with Crippen LogP contribution in [0.2, 0.25) is 0 Å². The number of carbonyl (C=O) groups is 1. The van der Waals surface area contributed by atoms with Gasteiger partial charge in [0, 0.05) is 51.1 Å². The van der Waals surface area contributed by atoms with Crippen LogP contribution in [-0.4, -0.2) is 69.6 Å². The third-order valence-electron chi connectivity index (χ3n) is 4.91. The lowest BCUT2D eigenvalue weighted by atomic mass is 10.1. The molecule has 0 aliphatic carbocycles. The number of hydrogen-bond acceptors (Lipinski definition) is 6. The highest BCUT2D eigenvalue weighted by Gasteiger charge is 2.22. The normalized spacial score (nSPS) is 14.0. The molecule has 1 amide bonds. The molecule has 0 bridgehead atoms. The number of sulfonamides is 1. The summed E-state index contributed by atoms with van der Waals surface area (Å²) in [7, 11) is -0.269. The molecule has 29 heavy (non-hydrogen) atoms. The fourth-order valence-corrected chi connectivity index (χ4v) is 5.17. The minimum Gasteiger partial charge on any atom is -0.368 e. The Labute approximate surface area is 176 Å². The van der Waals surface area contributed by atoms with Crippen molar-refractivity contribution >= 4 is 33.1 Å². The minimum atomic E-state index is -3.53. The van der Waals surface area contributed by atoms with Crippen molar-refractivity contribution in [3.63, 3.8) is 0 Å². The highest BCUT2D eigenvalue weighted by molar-refractivity contribution is 7.89. The van der Waals surface area contributed by atoms with Crippen LogP contribution in [0.5, 0.6) is 0 Å². The van der Waals surface area contributed by atoms with Crippen molar-refractivity contribution < 1.29 is 13.2 Å². The van der Waals surface area contributed by atoms with Gasteiger partial charge in [-0.05, 0) is 23.4 Å². The van der Waals surface area contributed by atoms with E-state index in [1.165, 1.54) is 22.7 Å². The monoisotopic (exact) mass is 434 g/mol. The topological polar surface area (TPSA) is 82.1 Å². The van der Waals surface area contributed by atoms with Crippen LogP contribution in [0.4, 0.5) is 0 Å². The third-order valence-corrected chi connectivity index (χ3v) is 7.59. The summed E-state index contributed by atoms with van der Waals surface area (Å²) in [6, 6.07) is 9.76. The average molecular weight is 435 g/mol. The third kappa shape index (κ3) is 5.43. The molecule has 1 aromatic carbocycles. The highest BCUT2D eigenvalue weighted by atomic mass is 32.2. The summed E-state index contributed by atoms with van der Waals surface area (Å²) in [6.45, 7) is 2.44. The van der Waals surface area contributed by atoms with E-state index in [-0.39, 0.29) is 23.8 Å². The van der Waals surface area contributed by atoms with E-state index < -0.39 is 10.0 Å². The Morgan fingerprint density at radius 3 is 2.55 bits per heavy atom. The predicted octanol–water partition coefficient (Wildman–Crippen LogP) is 1.81. The van der Waals surface area contributed by atoms with Gasteiger partial charge in [0.1, 0.15) is 5.84 Å². The number of amidine groups is 1. The second-order valence-electron chi connectivity index (χ2n) is 6.95. The fourth-order valence-electron chi connectivity index (χ4n) is 2.98. The smallest absolute Gasteiger partial charge is 0.243 e. The van der Waals surface area contributed by atoms with Crippen LogP contribution in [0.1, 0.15) is 17.5 Å². The zero-order valence-electron chi connectivity index (χ0n) is 16.7. The summed E-state index contributed by atoms with van der Waals surface area (Å²) in [4.78, 5) is 18.7. The molecule has 0 atom stereocenters. The van der Waals surface area contributed by atoms with Crippen LogP contribution in [0.25, 0.3) is 0 Å². The summed E-state index contributed by atoms with van der Waals surface area (Å²) >= 11 is 1.33. The number of rotatable bonds is 9. The van der Waals surface area contributed by atoms with Gasteiger partial charge in [-0.3, -0.25) is 9.79 Å². The van der Waals surface area contributed by atoms with Gasteiger partial charge in [-0.1, -0.05) is 24.3 Å². The van der Waals surface area contributed by atoms with Crippen molar-refractivity contribution in [2.24, 2.45) is 4.99 Å². The maximum atomic E-state index is 12.4. The second kappa shape index (κ2) is 9.51. The van der Waals surface area contributed by atoms with Crippen LogP contribution >= 0.6 is 11.3 Å². The van der Waals surface area contributed by atoms with E-state index in [9.17, 15) is 13.2 Å². The number of nitrogens with one attached hydrogen (secondary N) is 1. The zero-order valence-corrected chi connectivity index (χ0v) is 18.3. The van der Waals surface area contributed by atoms with Crippen molar-refractivity contribution in [2.75, 3.05) is 40.3 Å². The lowest BCUT2D eigenvalue weighted by molar-refractivity contribution is -0.129. The van der Waals surface area contributed by atoms with Crippen LogP contribution in [0, 0.1) is 0 Å². The SMILES string of the molecule is CN(CCc1ccc(C2=NCCN2)cc1)C(=O)CCN(C)S(=O)(=O)c1ccsc1. The fraction of sp³-hybridized carbons (Fsp3) is 0.400. The number of aliphatic imine (C=N–C) groups is 1. The Kier molecular flexibility index (Phi) is 7.05. The molecule has 0 radical (unpaired) electrons. The lowest BCUT2D eigenvalue weighted by Crippen LogP contribution is -2.34. The Bertz CT molecular complexity index is 954. The van der Waals surface area contributed by atoms with Gasteiger partial charge >= 0.3 is 0 Å². The molecule has 0 spiro atoms. The number of amides is 1. The number of benzene rings is 1. The first kappa shape index (κ1) is 21.5. The van der Waals surface area contributed by atoms with E-state index in [0.717, 1.165) is 36.5 Å². The van der Waals surface area contributed by atoms with Gasteiger partial charge in [-0.2, -0.15) is 11.3 Å². The maximum absolute atomic E-state index is 12.4. The molecule has 0 saturated carbocycles. The number of likely N-dealkylation sites (N-methyl/N-ethyl adjacent to an activating group) is 1. The number of nitrogens with zero attached hydrogens (tertiary/aromatic N) is 3. The summed E-state index contributed by atoms with van der Waals surface area (Å²) in [5, 5.41) is 6.57.